The highest BCUT2D eigenvalue weighted by Crippen LogP contribution is 2.37. The summed E-state index contributed by atoms with van der Waals surface area (Å²) in [6, 6.07) is 13.2. The zero-order chi connectivity index (χ0) is 22.0. The van der Waals surface area contributed by atoms with Crippen molar-refractivity contribution < 1.29 is 9.53 Å². The number of aryl methyl sites for hydroxylation is 1. The predicted octanol–water partition coefficient (Wildman–Crippen LogP) is 2.88. The summed E-state index contributed by atoms with van der Waals surface area (Å²) < 4.78 is 8.18. The van der Waals surface area contributed by atoms with Crippen molar-refractivity contribution in [3.63, 3.8) is 0 Å². The number of para-hydroxylation sites is 1. The third-order valence-electron chi connectivity index (χ3n) is 7.62. The van der Waals surface area contributed by atoms with Crippen molar-refractivity contribution in [3.05, 3.63) is 48.3 Å². The van der Waals surface area contributed by atoms with Gasteiger partial charge in [-0.2, -0.15) is 5.10 Å². The first kappa shape index (κ1) is 21.5. The van der Waals surface area contributed by atoms with E-state index in [4.69, 9.17) is 4.74 Å². The monoisotopic (exact) mass is 437 g/mol. The lowest BCUT2D eigenvalue weighted by atomic mass is 9.81. The van der Waals surface area contributed by atoms with Gasteiger partial charge in [0.2, 0.25) is 0 Å². The van der Waals surface area contributed by atoms with E-state index < -0.39 is 0 Å². The van der Waals surface area contributed by atoms with E-state index in [1.54, 1.807) is 10.9 Å². The van der Waals surface area contributed by atoms with Crippen LogP contribution in [-0.2, 0) is 11.3 Å². The first-order valence-electron chi connectivity index (χ1n) is 12.2. The van der Waals surface area contributed by atoms with Gasteiger partial charge in [-0.05, 0) is 50.8 Å². The van der Waals surface area contributed by atoms with Gasteiger partial charge in [0.15, 0.2) is 0 Å². The van der Waals surface area contributed by atoms with Crippen molar-refractivity contribution in [1.82, 2.24) is 19.6 Å². The normalized spacial score (nSPS) is 24.1. The fraction of sp³-hybridized carbons (Fsp3) is 0.600. The topological polar surface area (TPSA) is 53.8 Å². The summed E-state index contributed by atoms with van der Waals surface area (Å²) in [7, 11) is 0. The van der Waals surface area contributed by atoms with E-state index >= 15 is 0 Å². The zero-order valence-corrected chi connectivity index (χ0v) is 19.2. The Morgan fingerprint density at radius 1 is 1.06 bits per heavy atom. The highest BCUT2D eigenvalue weighted by molar-refractivity contribution is 5.92. The van der Waals surface area contributed by atoms with Crippen molar-refractivity contribution >= 4 is 11.6 Å². The first-order valence-corrected chi connectivity index (χ1v) is 12.2. The summed E-state index contributed by atoms with van der Waals surface area (Å²) >= 11 is 0. The molecular weight excluding hydrogens is 402 g/mol. The third-order valence-corrected chi connectivity index (χ3v) is 7.62. The molecule has 1 spiro atoms. The Morgan fingerprint density at radius 2 is 1.81 bits per heavy atom. The summed E-state index contributed by atoms with van der Waals surface area (Å²) in [5.74, 6) is 0.101. The number of nitrogens with zero attached hydrogens (tertiary/aromatic N) is 5. The molecule has 32 heavy (non-hydrogen) atoms. The average molecular weight is 438 g/mol. The molecule has 1 aromatic heterocycles. The number of piperazine rings is 1. The minimum Gasteiger partial charge on any atom is -0.375 e. The Hall–Kier alpha value is -2.38. The van der Waals surface area contributed by atoms with E-state index in [9.17, 15) is 4.79 Å². The zero-order valence-electron chi connectivity index (χ0n) is 19.2. The molecule has 4 heterocycles. The maximum absolute atomic E-state index is 13.0. The van der Waals surface area contributed by atoms with Gasteiger partial charge in [0.25, 0.3) is 5.91 Å². The van der Waals surface area contributed by atoms with E-state index in [1.807, 2.05) is 17.9 Å². The van der Waals surface area contributed by atoms with Crippen LogP contribution in [0.3, 0.4) is 0 Å². The summed E-state index contributed by atoms with van der Waals surface area (Å²) in [4.78, 5) is 20.1. The second-order valence-electron chi connectivity index (χ2n) is 9.36. The molecule has 172 valence electrons. The molecule has 3 fully saturated rings. The molecular formula is C25H35N5O2. The van der Waals surface area contributed by atoms with Crippen LogP contribution < -0.4 is 4.90 Å². The molecule has 0 N–H and O–H groups in total. The number of hydrogen-bond donors (Lipinski definition) is 0. The maximum atomic E-state index is 13.0. The highest BCUT2D eigenvalue weighted by atomic mass is 16.5. The average Bonchev–Trinajstić information content (AvgIpc) is 3.34. The predicted molar refractivity (Wildman–Crippen MR) is 125 cm³/mol. The van der Waals surface area contributed by atoms with Gasteiger partial charge in [-0.25, -0.2) is 0 Å². The lowest BCUT2D eigenvalue weighted by molar-refractivity contribution is -0.130. The molecule has 5 rings (SSSR count). The van der Waals surface area contributed by atoms with Gasteiger partial charge in [0, 0.05) is 70.3 Å². The molecule has 3 aliphatic rings. The van der Waals surface area contributed by atoms with Crippen LogP contribution in [0.5, 0.6) is 0 Å². The molecule has 1 atom stereocenters. The Labute approximate surface area is 190 Å². The second kappa shape index (κ2) is 9.24. The van der Waals surface area contributed by atoms with Crippen molar-refractivity contribution in [1.29, 1.82) is 0 Å². The highest BCUT2D eigenvalue weighted by Gasteiger charge is 2.43. The largest absolute Gasteiger partial charge is 0.375 e. The SMILES string of the molecule is CCn1nccc1C(=O)N1CCC2(CC1)CC(N1CCN(c3ccccc3)CC1)CCO2. The molecule has 0 bridgehead atoms. The quantitative estimate of drug-likeness (QED) is 0.736. The molecule has 0 aliphatic carbocycles. The molecule has 7 nitrogen and oxygen atoms in total. The molecule has 1 aromatic carbocycles. The number of piperidine rings is 1. The second-order valence-corrected chi connectivity index (χ2v) is 9.36. The molecule has 7 heteroatoms. The van der Waals surface area contributed by atoms with Gasteiger partial charge < -0.3 is 14.5 Å². The summed E-state index contributed by atoms with van der Waals surface area (Å²) in [6.07, 6.45) is 5.78. The molecule has 2 aromatic rings. The number of rotatable bonds is 4. The number of benzene rings is 1. The van der Waals surface area contributed by atoms with Crippen molar-refractivity contribution in [2.75, 3.05) is 50.8 Å². The van der Waals surface area contributed by atoms with Gasteiger partial charge in [-0.1, -0.05) is 18.2 Å². The van der Waals surface area contributed by atoms with E-state index in [2.05, 4.69) is 45.2 Å². The number of aromatic nitrogens is 2. The first-order chi connectivity index (χ1) is 15.7. The molecule has 3 saturated heterocycles. The smallest absolute Gasteiger partial charge is 0.272 e. The summed E-state index contributed by atoms with van der Waals surface area (Å²) in [6.45, 7) is 9.50. The van der Waals surface area contributed by atoms with Crippen LogP contribution in [0.25, 0.3) is 0 Å². The molecule has 1 unspecified atom stereocenters. The standard InChI is InChI=1S/C25H35N5O2/c1-2-30-23(8-12-26-30)24(31)29-13-10-25(11-14-29)20-22(9-19-32-25)28-17-15-27(16-18-28)21-6-4-3-5-7-21/h3-8,12,22H,2,9-11,13-20H2,1H3. The lowest BCUT2D eigenvalue weighted by Gasteiger charge is -2.49. The summed E-state index contributed by atoms with van der Waals surface area (Å²) in [5.41, 5.74) is 1.96. The van der Waals surface area contributed by atoms with E-state index in [0.717, 1.165) is 71.6 Å². The van der Waals surface area contributed by atoms with Gasteiger partial charge in [0.05, 0.1) is 5.60 Å². The molecule has 0 radical (unpaired) electrons. The minimum atomic E-state index is -0.0682. The number of carbonyl (C=O) groups is 1. The number of ether oxygens (including phenoxy) is 1. The van der Waals surface area contributed by atoms with Gasteiger partial charge in [-0.3, -0.25) is 14.4 Å². The van der Waals surface area contributed by atoms with Crippen molar-refractivity contribution in [2.24, 2.45) is 0 Å². The fourth-order valence-electron chi connectivity index (χ4n) is 5.69. The van der Waals surface area contributed by atoms with Crippen LogP contribution >= 0.6 is 0 Å². The number of anilines is 1. The Morgan fingerprint density at radius 3 is 2.53 bits per heavy atom. The van der Waals surface area contributed by atoms with E-state index in [-0.39, 0.29) is 11.5 Å². The van der Waals surface area contributed by atoms with Gasteiger partial charge >= 0.3 is 0 Å². The van der Waals surface area contributed by atoms with Crippen LogP contribution in [0.15, 0.2) is 42.6 Å². The number of hydrogen-bond acceptors (Lipinski definition) is 5. The van der Waals surface area contributed by atoms with Crippen LogP contribution in [0.4, 0.5) is 5.69 Å². The van der Waals surface area contributed by atoms with Crippen LogP contribution in [0, 0.1) is 0 Å². The number of carbonyl (C=O) groups excluding carboxylic acids is 1. The fourth-order valence-corrected chi connectivity index (χ4v) is 5.69. The number of likely N-dealkylation sites (tertiary alicyclic amines) is 1. The number of amides is 1. The van der Waals surface area contributed by atoms with Crippen molar-refractivity contribution in [3.8, 4) is 0 Å². The van der Waals surface area contributed by atoms with Crippen LogP contribution in [0.1, 0.15) is 43.1 Å². The Kier molecular flexibility index (Phi) is 6.20. The lowest BCUT2D eigenvalue weighted by Crippen LogP contribution is -2.57. The van der Waals surface area contributed by atoms with Crippen LogP contribution in [0.2, 0.25) is 0 Å². The van der Waals surface area contributed by atoms with Gasteiger partial charge in [0.1, 0.15) is 5.69 Å². The Bertz CT molecular complexity index is 898. The van der Waals surface area contributed by atoms with E-state index in [1.165, 1.54) is 5.69 Å². The van der Waals surface area contributed by atoms with Gasteiger partial charge in [-0.15, -0.1) is 0 Å². The molecule has 3 aliphatic heterocycles. The summed E-state index contributed by atoms with van der Waals surface area (Å²) in [5, 5.41) is 4.26. The molecule has 1 amide bonds. The van der Waals surface area contributed by atoms with Crippen molar-refractivity contribution in [2.45, 2.75) is 50.8 Å². The molecule has 0 saturated carbocycles. The van der Waals surface area contributed by atoms with E-state index in [0.29, 0.717) is 18.3 Å². The maximum Gasteiger partial charge on any atom is 0.272 e. The third kappa shape index (κ3) is 4.28. The Balaban J connectivity index is 1.16. The van der Waals surface area contributed by atoms with Crippen LogP contribution in [-0.4, -0.2) is 83.0 Å². The minimum absolute atomic E-state index is 0.0682.